The second kappa shape index (κ2) is 11.1. The van der Waals surface area contributed by atoms with Gasteiger partial charge in [-0.2, -0.15) is 0 Å². The van der Waals surface area contributed by atoms with Crippen molar-refractivity contribution in [2.24, 2.45) is 0 Å². The molecule has 0 fully saturated rings. The summed E-state index contributed by atoms with van der Waals surface area (Å²) in [7, 11) is -7.75. The molecule has 0 aromatic heterocycles. The van der Waals surface area contributed by atoms with Crippen LogP contribution in [0.5, 0.6) is 0 Å². The van der Waals surface area contributed by atoms with Crippen molar-refractivity contribution in [1.29, 1.82) is 0 Å². The number of nitro benzene ring substituents is 1. The van der Waals surface area contributed by atoms with Crippen LogP contribution < -0.4 is 0 Å². The lowest BCUT2D eigenvalue weighted by atomic mass is 10.2. The summed E-state index contributed by atoms with van der Waals surface area (Å²) in [5.74, 6) is -0.350. The SMILES string of the molecule is O=[N+]([O-])c1cccc(S(=O)(=O)CC(Sc2cccc(S(=O)(=O)c3ccc(Cl)cc3)c2)c2ccccc2)c1. The average Bonchev–Trinajstić information content (AvgIpc) is 2.89. The van der Waals surface area contributed by atoms with E-state index in [0.717, 1.165) is 6.07 Å². The average molecular weight is 574 g/mol. The van der Waals surface area contributed by atoms with Crippen LogP contribution in [-0.4, -0.2) is 27.5 Å². The van der Waals surface area contributed by atoms with Gasteiger partial charge in [-0.3, -0.25) is 10.1 Å². The minimum Gasteiger partial charge on any atom is -0.258 e. The zero-order chi connectivity index (χ0) is 26.6. The Morgan fingerprint density at radius 1 is 0.757 bits per heavy atom. The molecule has 0 aliphatic heterocycles. The highest BCUT2D eigenvalue weighted by Gasteiger charge is 2.26. The number of rotatable bonds is 9. The first-order chi connectivity index (χ1) is 17.6. The molecule has 0 aliphatic rings. The lowest BCUT2D eigenvalue weighted by Crippen LogP contribution is -2.13. The van der Waals surface area contributed by atoms with E-state index >= 15 is 0 Å². The maximum absolute atomic E-state index is 13.3. The Morgan fingerprint density at radius 3 is 2.08 bits per heavy atom. The van der Waals surface area contributed by atoms with Crippen molar-refractivity contribution >= 4 is 48.7 Å². The Hall–Kier alpha value is -3.18. The number of sulfone groups is 2. The Bertz CT molecular complexity index is 1640. The third-order valence-corrected chi connectivity index (χ3v) is 10.7. The van der Waals surface area contributed by atoms with Crippen LogP contribution in [0.2, 0.25) is 5.02 Å². The number of hydrogen-bond donors (Lipinski definition) is 0. The first-order valence-electron chi connectivity index (χ1n) is 10.9. The Kier molecular flexibility index (Phi) is 8.03. The van der Waals surface area contributed by atoms with E-state index in [1.54, 1.807) is 42.5 Å². The number of benzene rings is 4. The number of hydrogen-bond acceptors (Lipinski definition) is 7. The summed E-state index contributed by atoms with van der Waals surface area (Å²) in [6.45, 7) is 0. The fourth-order valence-corrected chi connectivity index (χ4v) is 8.24. The first kappa shape index (κ1) is 26.9. The van der Waals surface area contributed by atoms with Crippen LogP contribution in [-0.2, 0) is 19.7 Å². The Balaban J connectivity index is 1.68. The van der Waals surface area contributed by atoms with Crippen molar-refractivity contribution < 1.29 is 21.8 Å². The lowest BCUT2D eigenvalue weighted by Gasteiger charge is -2.18. The van der Waals surface area contributed by atoms with Gasteiger partial charge in [-0.1, -0.05) is 54.1 Å². The molecule has 0 amide bonds. The number of nitrogens with zero attached hydrogens (tertiary/aromatic N) is 1. The molecule has 0 heterocycles. The van der Waals surface area contributed by atoms with E-state index in [2.05, 4.69) is 0 Å². The molecule has 1 atom stereocenters. The molecule has 0 saturated heterocycles. The molecule has 0 N–H and O–H groups in total. The summed E-state index contributed by atoms with van der Waals surface area (Å²) in [6.07, 6.45) is 0. The van der Waals surface area contributed by atoms with Gasteiger partial charge >= 0.3 is 0 Å². The van der Waals surface area contributed by atoms with E-state index in [1.807, 2.05) is 0 Å². The summed E-state index contributed by atoms with van der Waals surface area (Å²) < 4.78 is 52.9. The fourth-order valence-electron chi connectivity index (χ4n) is 3.58. The highest BCUT2D eigenvalue weighted by atomic mass is 35.5. The molecule has 4 aromatic carbocycles. The number of non-ortho nitro benzene ring substituents is 1. The maximum atomic E-state index is 13.3. The number of nitro groups is 1. The van der Waals surface area contributed by atoms with E-state index in [9.17, 15) is 26.9 Å². The Labute approximate surface area is 224 Å². The van der Waals surface area contributed by atoms with E-state index in [-0.39, 0.29) is 26.1 Å². The fraction of sp³-hybridized carbons (Fsp3) is 0.0769. The molecule has 4 rings (SSSR count). The van der Waals surface area contributed by atoms with Gasteiger partial charge in [0.15, 0.2) is 9.84 Å². The minimum absolute atomic E-state index is 0.0631. The van der Waals surface area contributed by atoms with Crippen LogP contribution in [0.3, 0.4) is 0 Å². The molecule has 0 bridgehead atoms. The van der Waals surface area contributed by atoms with Gasteiger partial charge in [0.1, 0.15) is 0 Å². The first-order valence-corrected chi connectivity index (χ1v) is 15.3. The van der Waals surface area contributed by atoms with Crippen molar-refractivity contribution in [3.63, 3.8) is 0 Å². The van der Waals surface area contributed by atoms with Crippen LogP contribution >= 0.6 is 23.4 Å². The van der Waals surface area contributed by atoms with Gasteiger partial charge in [0.25, 0.3) is 5.69 Å². The van der Waals surface area contributed by atoms with Crippen molar-refractivity contribution in [3.05, 3.63) is 124 Å². The van der Waals surface area contributed by atoms with Crippen molar-refractivity contribution in [2.45, 2.75) is 24.8 Å². The normalized spacial score (nSPS) is 12.7. The molecule has 0 aliphatic carbocycles. The smallest absolute Gasteiger partial charge is 0.258 e. The van der Waals surface area contributed by atoms with Crippen LogP contribution in [0.4, 0.5) is 5.69 Å². The van der Waals surface area contributed by atoms with E-state index in [0.29, 0.717) is 15.5 Å². The van der Waals surface area contributed by atoms with Gasteiger partial charge < -0.3 is 0 Å². The second-order valence-corrected chi connectivity index (χ2v) is 13.7. The van der Waals surface area contributed by atoms with E-state index < -0.39 is 29.8 Å². The van der Waals surface area contributed by atoms with Gasteiger partial charge in [-0.25, -0.2) is 16.8 Å². The van der Waals surface area contributed by atoms with Crippen molar-refractivity contribution in [2.75, 3.05) is 5.75 Å². The van der Waals surface area contributed by atoms with E-state index in [4.69, 9.17) is 11.6 Å². The van der Waals surface area contributed by atoms with Gasteiger partial charge in [0.05, 0.1) is 25.4 Å². The molecule has 7 nitrogen and oxygen atoms in total. The quantitative estimate of drug-likeness (QED) is 0.130. The van der Waals surface area contributed by atoms with Gasteiger partial charge in [0.2, 0.25) is 9.84 Å². The molecule has 11 heteroatoms. The van der Waals surface area contributed by atoms with Gasteiger partial charge in [-0.15, -0.1) is 11.8 Å². The summed E-state index contributed by atoms with van der Waals surface area (Å²) in [5.41, 5.74) is 0.401. The molecular formula is C26H20ClNO6S3. The summed E-state index contributed by atoms with van der Waals surface area (Å²) in [6, 6.07) is 26.0. The van der Waals surface area contributed by atoms with Crippen molar-refractivity contribution in [3.8, 4) is 0 Å². The monoisotopic (exact) mass is 573 g/mol. The summed E-state index contributed by atoms with van der Waals surface area (Å²) in [5, 5.41) is 11.0. The molecule has 0 radical (unpaired) electrons. The molecule has 0 saturated carbocycles. The maximum Gasteiger partial charge on any atom is 0.270 e. The predicted octanol–water partition coefficient (Wildman–Crippen LogP) is 6.39. The third kappa shape index (κ3) is 6.40. The molecule has 0 spiro atoms. The zero-order valence-electron chi connectivity index (χ0n) is 19.1. The highest BCUT2D eigenvalue weighted by molar-refractivity contribution is 8.01. The van der Waals surface area contributed by atoms with Gasteiger partial charge in [0, 0.05) is 27.3 Å². The Morgan fingerprint density at radius 2 is 1.41 bits per heavy atom. The molecule has 1 unspecified atom stereocenters. The minimum atomic E-state index is -3.93. The third-order valence-electron chi connectivity index (χ3n) is 5.45. The van der Waals surface area contributed by atoms with Gasteiger partial charge in [-0.05, 0) is 54.1 Å². The summed E-state index contributed by atoms with van der Waals surface area (Å²) in [4.78, 5) is 11.1. The molecule has 190 valence electrons. The number of thioether (sulfide) groups is 1. The van der Waals surface area contributed by atoms with E-state index in [1.165, 1.54) is 66.4 Å². The second-order valence-electron chi connectivity index (χ2n) is 7.99. The lowest BCUT2D eigenvalue weighted by molar-refractivity contribution is -0.385. The number of halogens is 1. The predicted molar refractivity (Wildman–Crippen MR) is 144 cm³/mol. The van der Waals surface area contributed by atoms with Crippen LogP contribution in [0.1, 0.15) is 10.8 Å². The zero-order valence-corrected chi connectivity index (χ0v) is 22.3. The largest absolute Gasteiger partial charge is 0.270 e. The van der Waals surface area contributed by atoms with Crippen molar-refractivity contribution in [1.82, 2.24) is 0 Å². The van der Waals surface area contributed by atoms with Crippen LogP contribution in [0, 0.1) is 10.1 Å². The molecular weight excluding hydrogens is 554 g/mol. The molecule has 4 aromatic rings. The highest BCUT2D eigenvalue weighted by Crippen LogP contribution is 2.39. The van der Waals surface area contributed by atoms with Crippen LogP contribution in [0.15, 0.2) is 123 Å². The molecule has 37 heavy (non-hydrogen) atoms. The topological polar surface area (TPSA) is 111 Å². The van der Waals surface area contributed by atoms with Crippen LogP contribution in [0.25, 0.3) is 0 Å². The standard InChI is InChI=1S/C26H20ClNO6S3/c27-20-12-14-23(15-13-20)37(33,34)25-11-5-9-22(17-25)35-26(19-6-2-1-3-7-19)18-36(31,32)24-10-4-8-21(16-24)28(29)30/h1-17,26H,18H2. The summed E-state index contributed by atoms with van der Waals surface area (Å²) >= 11 is 7.09.